The molecule has 118 valence electrons. The second-order valence-corrected chi connectivity index (χ2v) is 6.20. The molecule has 0 radical (unpaired) electrons. The third kappa shape index (κ3) is 4.80. The Bertz CT molecular complexity index is 404. The number of methoxy groups -OCH3 is 1. The molecule has 0 saturated carbocycles. The van der Waals surface area contributed by atoms with Gasteiger partial charge in [-0.05, 0) is 43.5 Å². The van der Waals surface area contributed by atoms with Crippen LogP contribution in [0.4, 0.5) is 0 Å². The summed E-state index contributed by atoms with van der Waals surface area (Å²) >= 11 is 0. The normalized spacial score (nSPS) is 20.8. The molecule has 3 heteroatoms. The maximum Gasteiger partial charge on any atom is 0.0503 e. The van der Waals surface area contributed by atoms with Gasteiger partial charge in [0.1, 0.15) is 0 Å². The van der Waals surface area contributed by atoms with Crippen LogP contribution in [0.3, 0.4) is 0 Å². The number of aryl methyl sites for hydroxylation is 1. The molecule has 1 aromatic carbocycles. The molecule has 0 aromatic heterocycles. The van der Waals surface area contributed by atoms with Crippen molar-refractivity contribution in [2.45, 2.75) is 32.2 Å². The summed E-state index contributed by atoms with van der Waals surface area (Å²) in [6, 6.07) is 9.55. The molecule has 0 amide bonds. The quantitative estimate of drug-likeness (QED) is 0.797. The number of nitrogens with one attached hydrogen (secondary N) is 1. The number of hydrogen-bond acceptors (Lipinski definition) is 3. The average Bonchev–Trinajstić information content (AvgIpc) is 2.94. The first-order valence-electron chi connectivity index (χ1n) is 8.24. The molecule has 0 aliphatic carbocycles. The highest BCUT2D eigenvalue weighted by Gasteiger charge is 2.24. The van der Waals surface area contributed by atoms with E-state index >= 15 is 0 Å². The maximum absolute atomic E-state index is 5.28. The lowest BCUT2D eigenvalue weighted by Crippen LogP contribution is -2.32. The summed E-state index contributed by atoms with van der Waals surface area (Å²) in [5, 5.41) is 3.47. The molecule has 2 unspecified atom stereocenters. The lowest BCUT2D eigenvalue weighted by molar-refractivity contribution is 0.152. The minimum absolute atomic E-state index is 0.418. The predicted octanol–water partition coefficient (Wildman–Crippen LogP) is 2.87. The number of nitrogens with zero attached hydrogens (tertiary/aromatic N) is 1. The largest absolute Gasteiger partial charge is 0.384 e. The molecule has 1 heterocycles. The number of likely N-dealkylation sites (N-methyl/N-ethyl adjacent to an activating group) is 1. The number of hydrogen-bond donors (Lipinski definition) is 1. The third-order valence-electron chi connectivity index (χ3n) is 4.48. The van der Waals surface area contributed by atoms with Crippen LogP contribution in [-0.4, -0.2) is 45.3 Å². The highest BCUT2D eigenvalue weighted by atomic mass is 16.5. The zero-order chi connectivity index (χ0) is 15.1. The van der Waals surface area contributed by atoms with E-state index in [0.29, 0.717) is 12.0 Å². The summed E-state index contributed by atoms with van der Waals surface area (Å²) in [5.41, 5.74) is 2.84. The van der Waals surface area contributed by atoms with E-state index in [4.69, 9.17) is 4.74 Å². The molecule has 1 aromatic rings. The minimum atomic E-state index is 0.418. The topological polar surface area (TPSA) is 24.5 Å². The highest BCUT2D eigenvalue weighted by molar-refractivity contribution is 5.25. The van der Waals surface area contributed by atoms with E-state index in [2.05, 4.69) is 48.5 Å². The average molecular weight is 290 g/mol. The van der Waals surface area contributed by atoms with E-state index in [1.165, 1.54) is 43.5 Å². The monoisotopic (exact) mass is 290 g/mol. The first-order chi connectivity index (χ1) is 10.3. The van der Waals surface area contributed by atoms with Gasteiger partial charge in [-0.3, -0.25) is 0 Å². The van der Waals surface area contributed by atoms with Crippen molar-refractivity contribution < 1.29 is 4.74 Å². The lowest BCUT2D eigenvalue weighted by Gasteiger charge is -2.24. The molecule has 1 aliphatic heterocycles. The molecular formula is C18H30N2O. The summed E-state index contributed by atoms with van der Waals surface area (Å²) in [6.45, 7) is 6.57. The molecular weight excluding hydrogens is 260 g/mol. The Morgan fingerprint density at radius 3 is 2.71 bits per heavy atom. The zero-order valence-electron chi connectivity index (χ0n) is 13.8. The second kappa shape index (κ2) is 8.52. The minimum Gasteiger partial charge on any atom is -0.384 e. The van der Waals surface area contributed by atoms with E-state index in [9.17, 15) is 0 Å². The van der Waals surface area contributed by atoms with Crippen LogP contribution in [0, 0.1) is 5.92 Å². The second-order valence-electron chi connectivity index (χ2n) is 6.20. The molecule has 21 heavy (non-hydrogen) atoms. The summed E-state index contributed by atoms with van der Waals surface area (Å²) in [4.78, 5) is 2.56. The summed E-state index contributed by atoms with van der Waals surface area (Å²) < 4.78 is 5.28. The van der Waals surface area contributed by atoms with E-state index in [1.54, 1.807) is 7.11 Å². The molecule has 1 fully saturated rings. The van der Waals surface area contributed by atoms with Gasteiger partial charge < -0.3 is 15.0 Å². The lowest BCUT2D eigenvalue weighted by atomic mass is 10.0. The maximum atomic E-state index is 5.28. The molecule has 1 N–H and O–H groups in total. The van der Waals surface area contributed by atoms with Crippen LogP contribution in [0.25, 0.3) is 0 Å². The van der Waals surface area contributed by atoms with Gasteiger partial charge in [-0.25, -0.2) is 0 Å². The van der Waals surface area contributed by atoms with Crippen molar-refractivity contribution >= 4 is 0 Å². The van der Waals surface area contributed by atoms with Gasteiger partial charge in [0.05, 0.1) is 6.61 Å². The van der Waals surface area contributed by atoms with Crippen LogP contribution >= 0.6 is 0 Å². The summed E-state index contributed by atoms with van der Waals surface area (Å²) in [5.74, 6) is 0.708. The van der Waals surface area contributed by atoms with Crippen molar-refractivity contribution in [1.29, 1.82) is 0 Å². The molecule has 0 bridgehead atoms. The standard InChI is InChI=1S/C18H30N2O/c1-4-5-15-6-8-17(9-7-15)18(19-2)13-20-11-10-16(12-20)14-21-3/h6-9,16,18-19H,4-5,10-14H2,1-3H3. The third-order valence-corrected chi connectivity index (χ3v) is 4.48. The Morgan fingerprint density at radius 1 is 1.33 bits per heavy atom. The Morgan fingerprint density at radius 2 is 2.10 bits per heavy atom. The highest BCUT2D eigenvalue weighted by Crippen LogP contribution is 2.21. The molecule has 2 atom stereocenters. The van der Waals surface area contributed by atoms with Crippen molar-refractivity contribution in [2.75, 3.05) is 40.4 Å². The Balaban J connectivity index is 1.90. The van der Waals surface area contributed by atoms with Crippen molar-refractivity contribution in [3.8, 4) is 0 Å². The van der Waals surface area contributed by atoms with E-state index in [-0.39, 0.29) is 0 Å². The summed E-state index contributed by atoms with van der Waals surface area (Å²) in [7, 11) is 3.87. The predicted molar refractivity (Wildman–Crippen MR) is 88.7 cm³/mol. The van der Waals surface area contributed by atoms with E-state index in [0.717, 1.165) is 13.2 Å². The Labute approximate surface area is 129 Å². The molecule has 1 saturated heterocycles. The Kier molecular flexibility index (Phi) is 6.68. The van der Waals surface area contributed by atoms with E-state index in [1.807, 2.05) is 0 Å². The fourth-order valence-corrected chi connectivity index (χ4v) is 3.28. The van der Waals surface area contributed by atoms with Crippen molar-refractivity contribution in [2.24, 2.45) is 5.92 Å². The van der Waals surface area contributed by atoms with Crippen LogP contribution in [0.2, 0.25) is 0 Å². The molecule has 0 spiro atoms. The van der Waals surface area contributed by atoms with Crippen LogP contribution in [0.5, 0.6) is 0 Å². The SMILES string of the molecule is CCCc1ccc(C(CN2CCC(COC)C2)NC)cc1. The van der Waals surface area contributed by atoms with Gasteiger partial charge in [0.2, 0.25) is 0 Å². The van der Waals surface area contributed by atoms with Gasteiger partial charge in [-0.15, -0.1) is 0 Å². The van der Waals surface area contributed by atoms with Crippen molar-refractivity contribution in [1.82, 2.24) is 10.2 Å². The number of likely N-dealkylation sites (tertiary alicyclic amines) is 1. The van der Waals surface area contributed by atoms with E-state index < -0.39 is 0 Å². The molecule has 1 aliphatic rings. The van der Waals surface area contributed by atoms with Gasteiger partial charge in [0.15, 0.2) is 0 Å². The fourth-order valence-electron chi connectivity index (χ4n) is 3.28. The van der Waals surface area contributed by atoms with Gasteiger partial charge in [-0.1, -0.05) is 37.6 Å². The van der Waals surface area contributed by atoms with Crippen LogP contribution < -0.4 is 5.32 Å². The van der Waals surface area contributed by atoms with Crippen LogP contribution in [0.1, 0.15) is 36.9 Å². The number of benzene rings is 1. The van der Waals surface area contributed by atoms with Gasteiger partial charge in [-0.2, -0.15) is 0 Å². The molecule has 3 nitrogen and oxygen atoms in total. The fraction of sp³-hybridized carbons (Fsp3) is 0.667. The van der Waals surface area contributed by atoms with Crippen LogP contribution in [-0.2, 0) is 11.2 Å². The van der Waals surface area contributed by atoms with Gasteiger partial charge >= 0.3 is 0 Å². The smallest absolute Gasteiger partial charge is 0.0503 e. The zero-order valence-corrected chi connectivity index (χ0v) is 13.8. The van der Waals surface area contributed by atoms with Crippen molar-refractivity contribution in [3.63, 3.8) is 0 Å². The first-order valence-corrected chi connectivity index (χ1v) is 8.24. The Hall–Kier alpha value is -0.900. The molecule has 2 rings (SSSR count). The van der Waals surface area contributed by atoms with Gasteiger partial charge in [0.25, 0.3) is 0 Å². The number of ether oxygens (including phenoxy) is 1. The van der Waals surface area contributed by atoms with Crippen molar-refractivity contribution in [3.05, 3.63) is 35.4 Å². The van der Waals surface area contributed by atoms with Gasteiger partial charge in [0, 0.05) is 26.2 Å². The van der Waals surface area contributed by atoms with Crippen LogP contribution in [0.15, 0.2) is 24.3 Å². The summed E-state index contributed by atoms with van der Waals surface area (Å²) in [6.07, 6.45) is 3.65. The number of rotatable bonds is 8. The first kappa shape index (κ1) is 16.5.